The van der Waals surface area contributed by atoms with Gasteiger partial charge in [0, 0.05) is 23.7 Å². The maximum absolute atomic E-state index is 6.19. The number of benzene rings is 1. The summed E-state index contributed by atoms with van der Waals surface area (Å²) in [5, 5.41) is 0.707. The molecule has 0 saturated heterocycles. The molecule has 3 aromatic rings. The molecule has 0 aliphatic carbocycles. The minimum absolute atomic E-state index is 0.694. The van der Waals surface area contributed by atoms with E-state index in [0.717, 1.165) is 17.0 Å². The van der Waals surface area contributed by atoms with E-state index in [1.807, 2.05) is 47.9 Å². The number of fused-ring (bicyclic) bond motifs is 1. The maximum atomic E-state index is 6.19. The van der Waals surface area contributed by atoms with Crippen LogP contribution >= 0.6 is 11.6 Å². The minimum Gasteiger partial charge on any atom is -0.288 e. The highest BCUT2D eigenvalue weighted by Gasteiger charge is 2.12. The molecule has 0 spiro atoms. The fraction of sp³-hybridized carbons (Fsp3) is 0.0769. The average molecular weight is 244 g/mol. The van der Waals surface area contributed by atoms with Crippen molar-refractivity contribution in [3.63, 3.8) is 0 Å². The third kappa shape index (κ3) is 1.59. The second kappa shape index (κ2) is 3.86. The summed E-state index contributed by atoms with van der Waals surface area (Å²) in [7, 11) is 0. The van der Waals surface area contributed by atoms with Crippen LogP contribution in [-0.2, 0) is 0 Å². The standard InChI is InChI=1S/C13H10ClN3/c1-9-12(10-5-2-3-6-11(10)14)16-13-15-7-4-8-17(9)13/h2-8H,1H3. The molecule has 0 amide bonds. The van der Waals surface area contributed by atoms with Crippen molar-refractivity contribution in [3.8, 4) is 11.3 Å². The van der Waals surface area contributed by atoms with E-state index in [2.05, 4.69) is 9.97 Å². The van der Waals surface area contributed by atoms with Crippen LogP contribution in [0.5, 0.6) is 0 Å². The largest absolute Gasteiger partial charge is 0.288 e. The summed E-state index contributed by atoms with van der Waals surface area (Å²) in [5.74, 6) is 0.694. The van der Waals surface area contributed by atoms with E-state index in [9.17, 15) is 0 Å². The Hall–Kier alpha value is -1.87. The van der Waals surface area contributed by atoms with Crippen LogP contribution in [0.1, 0.15) is 5.69 Å². The van der Waals surface area contributed by atoms with Gasteiger partial charge in [0.15, 0.2) is 0 Å². The molecule has 2 aromatic heterocycles. The first-order chi connectivity index (χ1) is 8.27. The van der Waals surface area contributed by atoms with Crippen LogP contribution in [0.4, 0.5) is 0 Å². The van der Waals surface area contributed by atoms with Crippen LogP contribution < -0.4 is 0 Å². The van der Waals surface area contributed by atoms with Gasteiger partial charge in [0.1, 0.15) is 0 Å². The molecule has 0 unspecified atom stereocenters. The number of imidazole rings is 1. The van der Waals surface area contributed by atoms with Crippen LogP contribution in [0.15, 0.2) is 42.7 Å². The second-order valence-corrected chi connectivity index (χ2v) is 4.22. The number of hydrogen-bond acceptors (Lipinski definition) is 2. The van der Waals surface area contributed by atoms with Gasteiger partial charge in [-0.2, -0.15) is 0 Å². The predicted molar refractivity (Wildman–Crippen MR) is 68.2 cm³/mol. The smallest absolute Gasteiger partial charge is 0.234 e. The molecule has 4 heteroatoms. The summed E-state index contributed by atoms with van der Waals surface area (Å²) in [6.07, 6.45) is 3.68. The van der Waals surface area contributed by atoms with Crippen molar-refractivity contribution in [2.45, 2.75) is 6.92 Å². The molecule has 0 saturated carbocycles. The molecule has 3 nitrogen and oxygen atoms in total. The molecule has 0 N–H and O–H groups in total. The van der Waals surface area contributed by atoms with Crippen molar-refractivity contribution in [2.75, 3.05) is 0 Å². The van der Waals surface area contributed by atoms with E-state index >= 15 is 0 Å². The van der Waals surface area contributed by atoms with Crippen molar-refractivity contribution < 1.29 is 0 Å². The monoisotopic (exact) mass is 243 g/mol. The first kappa shape index (κ1) is 10.3. The molecule has 84 valence electrons. The fourth-order valence-corrected chi connectivity index (χ4v) is 2.14. The van der Waals surface area contributed by atoms with Crippen LogP contribution in [0, 0.1) is 6.92 Å². The van der Waals surface area contributed by atoms with Crippen molar-refractivity contribution in [2.24, 2.45) is 0 Å². The molecule has 2 heterocycles. The van der Waals surface area contributed by atoms with Gasteiger partial charge in [-0.05, 0) is 19.1 Å². The van der Waals surface area contributed by atoms with E-state index in [1.54, 1.807) is 6.20 Å². The summed E-state index contributed by atoms with van der Waals surface area (Å²) in [6.45, 7) is 2.01. The summed E-state index contributed by atoms with van der Waals surface area (Å²) < 4.78 is 1.96. The Balaban J connectivity index is 2.32. The molecule has 0 fully saturated rings. The summed E-state index contributed by atoms with van der Waals surface area (Å²) in [5.41, 5.74) is 2.87. The quantitative estimate of drug-likeness (QED) is 0.656. The molecular weight excluding hydrogens is 234 g/mol. The summed E-state index contributed by atoms with van der Waals surface area (Å²) >= 11 is 6.19. The maximum Gasteiger partial charge on any atom is 0.234 e. The van der Waals surface area contributed by atoms with Crippen LogP contribution in [-0.4, -0.2) is 14.4 Å². The zero-order valence-corrected chi connectivity index (χ0v) is 10.0. The molecule has 0 aliphatic rings. The number of hydrogen-bond donors (Lipinski definition) is 0. The van der Waals surface area contributed by atoms with Gasteiger partial charge in [-0.3, -0.25) is 4.40 Å². The lowest BCUT2D eigenvalue weighted by Gasteiger charge is -2.01. The molecule has 0 aliphatic heterocycles. The number of aromatic nitrogens is 3. The zero-order chi connectivity index (χ0) is 11.8. The molecule has 0 radical (unpaired) electrons. The van der Waals surface area contributed by atoms with Gasteiger partial charge in [-0.25, -0.2) is 9.97 Å². The van der Waals surface area contributed by atoms with Gasteiger partial charge in [0.05, 0.1) is 10.7 Å². The third-order valence-corrected chi connectivity index (χ3v) is 3.10. The Morgan fingerprint density at radius 1 is 1.18 bits per heavy atom. The van der Waals surface area contributed by atoms with E-state index in [1.165, 1.54) is 0 Å². The number of rotatable bonds is 1. The summed E-state index contributed by atoms with van der Waals surface area (Å²) in [6, 6.07) is 9.59. The Labute approximate surface area is 104 Å². The van der Waals surface area contributed by atoms with E-state index in [-0.39, 0.29) is 0 Å². The Morgan fingerprint density at radius 2 is 2.00 bits per heavy atom. The van der Waals surface area contributed by atoms with Gasteiger partial charge in [0.25, 0.3) is 0 Å². The highest BCUT2D eigenvalue weighted by Crippen LogP contribution is 2.29. The predicted octanol–water partition coefficient (Wildman–Crippen LogP) is 3.36. The number of aryl methyl sites for hydroxylation is 1. The van der Waals surface area contributed by atoms with Crippen molar-refractivity contribution in [1.29, 1.82) is 0 Å². The average Bonchev–Trinajstić information content (AvgIpc) is 2.68. The SMILES string of the molecule is Cc1c(-c2ccccc2Cl)nc2ncccn12. The second-order valence-electron chi connectivity index (χ2n) is 3.82. The first-order valence-electron chi connectivity index (χ1n) is 5.32. The number of halogens is 1. The van der Waals surface area contributed by atoms with E-state index in [0.29, 0.717) is 10.8 Å². The Kier molecular flexibility index (Phi) is 2.34. The lowest BCUT2D eigenvalue weighted by atomic mass is 10.1. The zero-order valence-electron chi connectivity index (χ0n) is 9.26. The molecular formula is C13H10ClN3. The molecule has 0 atom stereocenters. The highest BCUT2D eigenvalue weighted by molar-refractivity contribution is 6.33. The van der Waals surface area contributed by atoms with Crippen LogP contribution in [0.3, 0.4) is 0 Å². The highest BCUT2D eigenvalue weighted by atomic mass is 35.5. The summed E-state index contributed by atoms with van der Waals surface area (Å²) in [4.78, 5) is 8.74. The molecule has 1 aromatic carbocycles. The van der Waals surface area contributed by atoms with Gasteiger partial charge in [-0.15, -0.1) is 0 Å². The lowest BCUT2D eigenvalue weighted by molar-refractivity contribution is 1.06. The van der Waals surface area contributed by atoms with Crippen molar-refractivity contribution in [3.05, 3.63) is 53.4 Å². The number of nitrogens with zero attached hydrogens (tertiary/aromatic N) is 3. The van der Waals surface area contributed by atoms with E-state index in [4.69, 9.17) is 11.6 Å². The van der Waals surface area contributed by atoms with Crippen molar-refractivity contribution >= 4 is 17.4 Å². The molecule has 0 bridgehead atoms. The lowest BCUT2D eigenvalue weighted by Crippen LogP contribution is -1.88. The van der Waals surface area contributed by atoms with Gasteiger partial charge in [0.2, 0.25) is 5.78 Å². The minimum atomic E-state index is 0.694. The van der Waals surface area contributed by atoms with Crippen molar-refractivity contribution in [1.82, 2.24) is 14.4 Å². The topological polar surface area (TPSA) is 30.2 Å². The van der Waals surface area contributed by atoms with Gasteiger partial charge < -0.3 is 0 Å². The van der Waals surface area contributed by atoms with E-state index < -0.39 is 0 Å². The normalized spacial score (nSPS) is 10.9. The molecule has 17 heavy (non-hydrogen) atoms. The Bertz CT molecular complexity index is 688. The van der Waals surface area contributed by atoms with Gasteiger partial charge in [-0.1, -0.05) is 29.8 Å². The van der Waals surface area contributed by atoms with Crippen LogP contribution in [0.2, 0.25) is 5.02 Å². The third-order valence-electron chi connectivity index (χ3n) is 2.77. The Morgan fingerprint density at radius 3 is 2.76 bits per heavy atom. The molecule has 3 rings (SSSR count). The van der Waals surface area contributed by atoms with Gasteiger partial charge >= 0.3 is 0 Å². The van der Waals surface area contributed by atoms with Crippen LogP contribution in [0.25, 0.3) is 17.0 Å². The first-order valence-corrected chi connectivity index (χ1v) is 5.70. The fourth-order valence-electron chi connectivity index (χ4n) is 1.91.